The minimum atomic E-state index is 1.07. The van der Waals surface area contributed by atoms with E-state index in [-0.39, 0.29) is 0 Å². The topological polar surface area (TPSA) is 29.9 Å². The Bertz CT molecular complexity index is 268. The van der Waals surface area contributed by atoms with E-state index in [4.69, 9.17) is 0 Å². The van der Waals surface area contributed by atoms with Crippen LogP contribution in [0.4, 0.5) is 0 Å². The average Bonchev–Trinajstić information content (AvgIpc) is 2.68. The number of hydrogen-bond donors (Lipinski definition) is 1. The van der Waals surface area contributed by atoms with Gasteiger partial charge in [0.05, 0.1) is 0 Å². The maximum Gasteiger partial charge on any atom is 0.0492 e. The SMILES string of the molecule is CCCNCCCCCCn1nccc1C. The second-order valence-corrected chi connectivity index (χ2v) is 4.36. The molecular weight excluding hydrogens is 198 g/mol. The Morgan fingerprint density at radius 2 is 2.00 bits per heavy atom. The molecule has 0 saturated carbocycles. The number of hydrogen-bond acceptors (Lipinski definition) is 2. The van der Waals surface area contributed by atoms with Crippen LogP contribution in [0.3, 0.4) is 0 Å². The van der Waals surface area contributed by atoms with Crippen LogP contribution in [0.25, 0.3) is 0 Å². The molecule has 1 aromatic rings. The fourth-order valence-corrected chi connectivity index (χ4v) is 1.80. The maximum absolute atomic E-state index is 4.28. The van der Waals surface area contributed by atoms with Gasteiger partial charge in [0.15, 0.2) is 0 Å². The third kappa shape index (κ3) is 5.31. The van der Waals surface area contributed by atoms with Crippen molar-refractivity contribution in [3.63, 3.8) is 0 Å². The van der Waals surface area contributed by atoms with Gasteiger partial charge in [0.25, 0.3) is 0 Å². The van der Waals surface area contributed by atoms with Crippen molar-refractivity contribution in [2.45, 2.75) is 52.5 Å². The Kier molecular flexibility index (Phi) is 6.90. The van der Waals surface area contributed by atoms with Gasteiger partial charge in [0.2, 0.25) is 0 Å². The Balaban J connectivity index is 1.91. The fourth-order valence-electron chi connectivity index (χ4n) is 1.80. The highest BCUT2D eigenvalue weighted by Crippen LogP contribution is 2.03. The average molecular weight is 223 g/mol. The summed E-state index contributed by atoms with van der Waals surface area (Å²) in [5.41, 5.74) is 1.27. The first-order valence-corrected chi connectivity index (χ1v) is 6.53. The Labute approximate surface area is 99.2 Å². The third-order valence-corrected chi connectivity index (χ3v) is 2.83. The van der Waals surface area contributed by atoms with Crippen LogP contribution in [-0.4, -0.2) is 22.9 Å². The third-order valence-electron chi connectivity index (χ3n) is 2.83. The lowest BCUT2D eigenvalue weighted by atomic mass is 10.2. The van der Waals surface area contributed by atoms with E-state index in [1.54, 1.807) is 0 Å². The molecule has 3 nitrogen and oxygen atoms in total. The number of rotatable bonds is 9. The molecule has 1 rings (SSSR count). The molecule has 0 aliphatic rings. The first-order chi connectivity index (χ1) is 7.84. The molecule has 0 spiro atoms. The summed E-state index contributed by atoms with van der Waals surface area (Å²) in [6.07, 6.45) is 8.31. The molecule has 1 N–H and O–H groups in total. The molecule has 0 saturated heterocycles. The molecule has 0 bridgehead atoms. The number of aromatic nitrogens is 2. The molecule has 1 aromatic heterocycles. The first-order valence-electron chi connectivity index (χ1n) is 6.53. The number of nitrogens with one attached hydrogen (secondary N) is 1. The molecule has 0 aromatic carbocycles. The lowest BCUT2D eigenvalue weighted by Crippen LogP contribution is -2.15. The monoisotopic (exact) mass is 223 g/mol. The zero-order chi connectivity index (χ0) is 11.6. The van der Waals surface area contributed by atoms with Crippen molar-refractivity contribution >= 4 is 0 Å². The predicted molar refractivity (Wildman–Crippen MR) is 68.6 cm³/mol. The van der Waals surface area contributed by atoms with Gasteiger partial charge in [0, 0.05) is 18.4 Å². The molecule has 0 fully saturated rings. The molecular formula is C13H25N3. The highest BCUT2D eigenvalue weighted by atomic mass is 15.3. The van der Waals surface area contributed by atoms with Gasteiger partial charge in [-0.2, -0.15) is 5.10 Å². The quantitative estimate of drug-likeness (QED) is 0.652. The van der Waals surface area contributed by atoms with Gasteiger partial charge in [-0.25, -0.2) is 0 Å². The lowest BCUT2D eigenvalue weighted by Gasteiger charge is -2.05. The summed E-state index contributed by atoms with van der Waals surface area (Å²) < 4.78 is 2.09. The first kappa shape index (κ1) is 13.2. The van der Waals surface area contributed by atoms with E-state index in [2.05, 4.69) is 35.0 Å². The van der Waals surface area contributed by atoms with Crippen LogP contribution in [-0.2, 0) is 6.54 Å². The summed E-state index contributed by atoms with van der Waals surface area (Å²) in [7, 11) is 0. The second-order valence-electron chi connectivity index (χ2n) is 4.36. The maximum atomic E-state index is 4.28. The van der Waals surface area contributed by atoms with Crippen molar-refractivity contribution in [2.75, 3.05) is 13.1 Å². The van der Waals surface area contributed by atoms with Crippen molar-refractivity contribution in [3.05, 3.63) is 18.0 Å². The van der Waals surface area contributed by atoms with Gasteiger partial charge < -0.3 is 5.32 Å². The molecule has 16 heavy (non-hydrogen) atoms. The van der Waals surface area contributed by atoms with Crippen LogP contribution in [0.5, 0.6) is 0 Å². The Morgan fingerprint density at radius 3 is 2.69 bits per heavy atom. The number of unbranched alkanes of at least 4 members (excludes halogenated alkanes) is 3. The summed E-state index contributed by atoms with van der Waals surface area (Å²) in [6, 6.07) is 2.06. The minimum Gasteiger partial charge on any atom is -0.317 e. The molecule has 0 radical (unpaired) electrons. The van der Waals surface area contributed by atoms with Gasteiger partial charge in [0.1, 0.15) is 0 Å². The highest BCUT2D eigenvalue weighted by Gasteiger charge is 1.96. The van der Waals surface area contributed by atoms with Gasteiger partial charge in [-0.15, -0.1) is 0 Å². The number of aryl methyl sites for hydroxylation is 2. The summed E-state index contributed by atoms with van der Waals surface area (Å²) in [5, 5.41) is 7.71. The van der Waals surface area contributed by atoms with Crippen molar-refractivity contribution in [2.24, 2.45) is 0 Å². The molecule has 92 valence electrons. The van der Waals surface area contributed by atoms with Gasteiger partial charge in [-0.3, -0.25) is 4.68 Å². The van der Waals surface area contributed by atoms with E-state index >= 15 is 0 Å². The largest absolute Gasteiger partial charge is 0.317 e. The number of nitrogens with zero attached hydrogens (tertiary/aromatic N) is 2. The normalized spacial score (nSPS) is 10.9. The summed E-state index contributed by atoms with van der Waals surface area (Å²) >= 11 is 0. The predicted octanol–water partition coefficient (Wildman–Crippen LogP) is 2.75. The van der Waals surface area contributed by atoms with E-state index in [1.807, 2.05) is 6.20 Å². The van der Waals surface area contributed by atoms with Gasteiger partial charge in [-0.1, -0.05) is 19.8 Å². The van der Waals surface area contributed by atoms with E-state index < -0.39 is 0 Å². The van der Waals surface area contributed by atoms with Crippen LogP contribution in [0.2, 0.25) is 0 Å². The van der Waals surface area contributed by atoms with Crippen molar-refractivity contribution in [3.8, 4) is 0 Å². The Hall–Kier alpha value is -0.830. The van der Waals surface area contributed by atoms with Crippen LogP contribution >= 0.6 is 0 Å². The van der Waals surface area contributed by atoms with E-state index in [9.17, 15) is 0 Å². The summed E-state index contributed by atoms with van der Waals surface area (Å²) in [5.74, 6) is 0. The Morgan fingerprint density at radius 1 is 1.19 bits per heavy atom. The fraction of sp³-hybridized carbons (Fsp3) is 0.769. The van der Waals surface area contributed by atoms with Crippen molar-refractivity contribution < 1.29 is 0 Å². The molecule has 0 unspecified atom stereocenters. The van der Waals surface area contributed by atoms with Crippen LogP contribution in [0.15, 0.2) is 12.3 Å². The zero-order valence-electron chi connectivity index (χ0n) is 10.7. The van der Waals surface area contributed by atoms with Crippen LogP contribution in [0.1, 0.15) is 44.7 Å². The standard InChI is InChI=1S/C13H25N3/c1-3-9-14-10-6-4-5-7-12-16-13(2)8-11-15-16/h8,11,14H,3-7,9-10,12H2,1-2H3. The minimum absolute atomic E-state index is 1.07. The van der Waals surface area contributed by atoms with Crippen molar-refractivity contribution in [1.29, 1.82) is 0 Å². The molecule has 0 aliphatic heterocycles. The van der Waals surface area contributed by atoms with Gasteiger partial charge in [-0.05, 0) is 45.3 Å². The van der Waals surface area contributed by atoms with Gasteiger partial charge >= 0.3 is 0 Å². The molecule has 0 amide bonds. The zero-order valence-corrected chi connectivity index (χ0v) is 10.7. The molecule has 1 heterocycles. The van der Waals surface area contributed by atoms with E-state index in [0.717, 1.165) is 13.1 Å². The second kappa shape index (κ2) is 8.34. The van der Waals surface area contributed by atoms with Crippen LogP contribution < -0.4 is 5.32 Å². The van der Waals surface area contributed by atoms with Crippen molar-refractivity contribution in [1.82, 2.24) is 15.1 Å². The highest BCUT2D eigenvalue weighted by molar-refractivity contribution is 4.96. The smallest absolute Gasteiger partial charge is 0.0492 e. The molecule has 0 atom stereocenters. The van der Waals surface area contributed by atoms with Crippen LogP contribution in [0, 0.1) is 6.92 Å². The summed E-state index contributed by atoms with van der Waals surface area (Å²) in [4.78, 5) is 0. The summed E-state index contributed by atoms with van der Waals surface area (Å²) in [6.45, 7) is 7.73. The lowest BCUT2D eigenvalue weighted by molar-refractivity contribution is 0.517. The van der Waals surface area contributed by atoms with E-state index in [0.29, 0.717) is 0 Å². The molecule has 0 aliphatic carbocycles. The van der Waals surface area contributed by atoms with E-state index in [1.165, 1.54) is 44.3 Å². The molecule has 3 heteroatoms.